The van der Waals surface area contributed by atoms with Gasteiger partial charge < -0.3 is 9.84 Å². The Morgan fingerprint density at radius 2 is 2.24 bits per heavy atom. The van der Waals surface area contributed by atoms with Gasteiger partial charge in [-0.2, -0.15) is 4.31 Å². The molecule has 0 aromatic heterocycles. The quantitative estimate of drug-likeness (QED) is 0.903. The van der Waals surface area contributed by atoms with Crippen molar-refractivity contribution in [3.63, 3.8) is 0 Å². The SMILES string of the molecule is Cc1c(Cl)cccc1S(=O)(=O)N1CCOCC1CC(=O)O. The maximum atomic E-state index is 12.8. The number of benzene rings is 1. The fourth-order valence-corrected chi connectivity index (χ4v) is 4.39. The molecule has 1 aliphatic heterocycles. The van der Waals surface area contributed by atoms with E-state index in [0.29, 0.717) is 10.6 Å². The molecule has 0 amide bonds. The van der Waals surface area contributed by atoms with Gasteiger partial charge in [0.2, 0.25) is 10.0 Å². The highest BCUT2D eigenvalue weighted by Crippen LogP contribution is 2.28. The monoisotopic (exact) mass is 333 g/mol. The normalized spacial score (nSPS) is 20.4. The second kappa shape index (κ2) is 6.31. The molecule has 21 heavy (non-hydrogen) atoms. The Morgan fingerprint density at radius 3 is 2.90 bits per heavy atom. The minimum absolute atomic E-state index is 0.0745. The summed E-state index contributed by atoms with van der Waals surface area (Å²) in [6, 6.07) is 3.95. The molecule has 1 N–H and O–H groups in total. The lowest BCUT2D eigenvalue weighted by Crippen LogP contribution is -2.49. The summed E-state index contributed by atoms with van der Waals surface area (Å²) in [5.74, 6) is -1.06. The van der Waals surface area contributed by atoms with Crippen LogP contribution in [-0.2, 0) is 19.6 Å². The van der Waals surface area contributed by atoms with Crippen LogP contribution in [0.1, 0.15) is 12.0 Å². The first-order valence-electron chi connectivity index (χ1n) is 6.40. The van der Waals surface area contributed by atoms with Gasteiger partial charge in [0.25, 0.3) is 0 Å². The Morgan fingerprint density at radius 1 is 1.52 bits per heavy atom. The van der Waals surface area contributed by atoms with Gasteiger partial charge >= 0.3 is 5.97 Å². The maximum absolute atomic E-state index is 12.8. The van der Waals surface area contributed by atoms with Gasteiger partial charge in [0.15, 0.2) is 0 Å². The molecule has 1 fully saturated rings. The van der Waals surface area contributed by atoms with Crippen molar-refractivity contribution in [1.82, 2.24) is 4.31 Å². The lowest BCUT2D eigenvalue weighted by molar-refractivity contribution is -0.139. The maximum Gasteiger partial charge on any atom is 0.305 e. The average Bonchev–Trinajstić information content (AvgIpc) is 2.41. The summed E-state index contributed by atoms with van der Waals surface area (Å²) in [7, 11) is -3.80. The fraction of sp³-hybridized carbons (Fsp3) is 0.462. The molecule has 1 unspecified atom stereocenters. The summed E-state index contributed by atoms with van der Waals surface area (Å²) in [6.45, 7) is 2.08. The van der Waals surface area contributed by atoms with Crippen molar-refractivity contribution in [2.24, 2.45) is 0 Å². The van der Waals surface area contributed by atoms with Crippen LogP contribution in [-0.4, -0.2) is 49.6 Å². The molecule has 1 aliphatic rings. The van der Waals surface area contributed by atoms with E-state index in [1.54, 1.807) is 19.1 Å². The molecule has 2 rings (SSSR count). The molecule has 0 bridgehead atoms. The Bertz CT molecular complexity index is 646. The summed E-state index contributed by atoms with van der Waals surface area (Å²) in [5, 5.41) is 9.28. The molecule has 6 nitrogen and oxygen atoms in total. The number of ether oxygens (including phenoxy) is 1. The Hall–Kier alpha value is -1.15. The number of hydrogen-bond donors (Lipinski definition) is 1. The van der Waals surface area contributed by atoms with Crippen LogP contribution in [0.5, 0.6) is 0 Å². The smallest absolute Gasteiger partial charge is 0.305 e. The minimum Gasteiger partial charge on any atom is -0.481 e. The van der Waals surface area contributed by atoms with Crippen LogP contribution >= 0.6 is 11.6 Å². The molecule has 0 aliphatic carbocycles. The second-order valence-electron chi connectivity index (χ2n) is 4.81. The van der Waals surface area contributed by atoms with E-state index in [1.165, 1.54) is 10.4 Å². The van der Waals surface area contributed by atoms with Crippen LogP contribution in [0.15, 0.2) is 23.1 Å². The highest BCUT2D eigenvalue weighted by atomic mass is 35.5. The van der Waals surface area contributed by atoms with Crippen molar-refractivity contribution < 1.29 is 23.1 Å². The van der Waals surface area contributed by atoms with Gasteiger partial charge in [-0.1, -0.05) is 17.7 Å². The molecule has 8 heteroatoms. The number of morpholine rings is 1. The highest BCUT2D eigenvalue weighted by molar-refractivity contribution is 7.89. The van der Waals surface area contributed by atoms with E-state index in [-0.39, 0.29) is 31.1 Å². The number of carboxylic acid groups (broad SMARTS) is 1. The third-order valence-corrected chi connectivity index (χ3v) is 5.89. The van der Waals surface area contributed by atoms with Gasteiger partial charge in [0.1, 0.15) is 0 Å². The summed E-state index contributed by atoms with van der Waals surface area (Å²) in [4.78, 5) is 11.0. The summed E-state index contributed by atoms with van der Waals surface area (Å²) < 4.78 is 31.9. The zero-order chi connectivity index (χ0) is 15.6. The summed E-state index contributed by atoms with van der Waals surface area (Å²) in [5.41, 5.74) is 0.458. The molecule has 1 aromatic carbocycles. The lowest BCUT2D eigenvalue weighted by Gasteiger charge is -2.34. The zero-order valence-electron chi connectivity index (χ0n) is 11.5. The number of aliphatic carboxylic acids is 1. The molecule has 116 valence electrons. The predicted octanol–water partition coefficient (Wildman–Crippen LogP) is 1.51. The van der Waals surface area contributed by atoms with Crippen molar-refractivity contribution in [2.75, 3.05) is 19.8 Å². The Balaban J connectivity index is 2.40. The number of halogens is 1. The number of nitrogens with zero attached hydrogens (tertiary/aromatic N) is 1. The van der Waals surface area contributed by atoms with Crippen LogP contribution in [0.2, 0.25) is 5.02 Å². The number of rotatable bonds is 4. The third-order valence-electron chi connectivity index (χ3n) is 3.39. The summed E-state index contributed by atoms with van der Waals surface area (Å²) >= 11 is 5.98. The van der Waals surface area contributed by atoms with E-state index in [2.05, 4.69) is 0 Å². The lowest BCUT2D eigenvalue weighted by atomic mass is 10.2. The minimum atomic E-state index is -3.80. The van der Waals surface area contributed by atoms with Crippen molar-refractivity contribution >= 4 is 27.6 Å². The van der Waals surface area contributed by atoms with E-state index < -0.39 is 22.0 Å². The number of sulfonamides is 1. The van der Waals surface area contributed by atoms with E-state index in [1.807, 2.05) is 0 Å². The van der Waals surface area contributed by atoms with Gasteiger partial charge in [-0.15, -0.1) is 0 Å². The van der Waals surface area contributed by atoms with Crippen LogP contribution in [0.3, 0.4) is 0 Å². The fourth-order valence-electron chi connectivity index (χ4n) is 2.31. The van der Waals surface area contributed by atoms with E-state index in [9.17, 15) is 13.2 Å². The van der Waals surface area contributed by atoms with Crippen molar-refractivity contribution in [3.8, 4) is 0 Å². The molecule has 0 radical (unpaired) electrons. The molecule has 0 spiro atoms. The highest BCUT2D eigenvalue weighted by Gasteiger charge is 2.36. The number of carbonyl (C=O) groups is 1. The molecule has 1 heterocycles. The van der Waals surface area contributed by atoms with Gasteiger partial charge in [-0.3, -0.25) is 4.79 Å². The number of carboxylic acids is 1. The van der Waals surface area contributed by atoms with E-state index >= 15 is 0 Å². The standard InChI is InChI=1S/C13H16ClNO5S/c1-9-11(14)3-2-4-12(9)21(18,19)15-5-6-20-8-10(15)7-13(16)17/h2-4,10H,5-8H2,1H3,(H,16,17). The molecule has 1 atom stereocenters. The Labute approximate surface area is 128 Å². The molecular formula is C13H16ClNO5S. The van der Waals surface area contributed by atoms with Crippen LogP contribution in [0.25, 0.3) is 0 Å². The van der Waals surface area contributed by atoms with Gasteiger partial charge in [0, 0.05) is 11.6 Å². The molecule has 1 saturated heterocycles. The first-order valence-corrected chi connectivity index (χ1v) is 8.22. The van der Waals surface area contributed by atoms with Crippen LogP contribution in [0.4, 0.5) is 0 Å². The van der Waals surface area contributed by atoms with E-state index in [0.717, 1.165) is 0 Å². The van der Waals surface area contributed by atoms with Crippen molar-refractivity contribution in [1.29, 1.82) is 0 Å². The Kier molecular flexibility index (Phi) is 4.88. The molecule has 0 saturated carbocycles. The first-order chi connectivity index (χ1) is 9.84. The second-order valence-corrected chi connectivity index (χ2v) is 7.07. The van der Waals surface area contributed by atoms with Gasteiger partial charge in [-0.25, -0.2) is 8.42 Å². The zero-order valence-corrected chi connectivity index (χ0v) is 13.0. The molecule has 1 aromatic rings. The third kappa shape index (κ3) is 3.37. The largest absolute Gasteiger partial charge is 0.481 e. The topological polar surface area (TPSA) is 83.9 Å². The van der Waals surface area contributed by atoms with Gasteiger partial charge in [-0.05, 0) is 24.6 Å². The first kappa shape index (κ1) is 16.2. The van der Waals surface area contributed by atoms with Gasteiger partial charge in [0.05, 0.1) is 30.6 Å². The van der Waals surface area contributed by atoms with Crippen LogP contribution in [0, 0.1) is 6.92 Å². The van der Waals surface area contributed by atoms with Crippen LogP contribution < -0.4 is 0 Å². The van der Waals surface area contributed by atoms with E-state index in [4.69, 9.17) is 21.4 Å². The number of hydrogen-bond acceptors (Lipinski definition) is 4. The van der Waals surface area contributed by atoms with Crippen molar-refractivity contribution in [2.45, 2.75) is 24.3 Å². The average molecular weight is 334 g/mol. The van der Waals surface area contributed by atoms with Crippen molar-refractivity contribution in [3.05, 3.63) is 28.8 Å². The molecular weight excluding hydrogens is 318 g/mol. The summed E-state index contributed by atoms with van der Waals surface area (Å²) in [6.07, 6.45) is -0.293. The predicted molar refractivity (Wildman–Crippen MR) is 76.9 cm³/mol.